The number of amides is 1. The number of carbonyl (C=O) groups is 1. The van der Waals surface area contributed by atoms with Crippen LogP contribution >= 0.6 is 0 Å². The first kappa shape index (κ1) is 14.0. The smallest absolute Gasteiger partial charge is 0.270 e. The van der Waals surface area contributed by atoms with E-state index in [1.54, 1.807) is 14.0 Å². The predicted molar refractivity (Wildman–Crippen MR) is 68.2 cm³/mol. The van der Waals surface area contributed by atoms with Gasteiger partial charge in [0, 0.05) is 13.2 Å². The summed E-state index contributed by atoms with van der Waals surface area (Å²) in [5.74, 6) is -0.286. The van der Waals surface area contributed by atoms with E-state index >= 15 is 0 Å². The van der Waals surface area contributed by atoms with Gasteiger partial charge in [-0.1, -0.05) is 0 Å². The van der Waals surface area contributed by atoms with Crippen molar-refractivity contribution in [2.75, 3.05) is 20.1 Å². The average Bonchev–Trinajstić information content (AvgIpc) is 2.68. The molecule has 1 aliphatic rings. The second kappa shape index (κ2) is 4.32. The molecule has 0 bridgehead atoms. The van der Waals surface area contributed by atoms with Crippen molar-refractivity contribution in [3.63, 3.8) is 0 Å². The highest BCUT2D eigenvalue weighted by Crippen LogP contribution is 2.23. The minimum absolute atomic E-state index is 0.0492. The third kappa shape index (κ3) is 2.51. The molecule has 0 saturated carbocycles. The Hall–Kier alpha value is -1.38. The van der Waals surface area contributed by atoms with Gasteiger partial charge in [0.2, 0.25) is 10.0 Å². The van der Waals surface area contributed by atoms with Crippen molar-refractivity contribution in [1.29, 1.82) is 0 Å². The molecule has 106 valence electrons. The molecule has 0 unspecified atom stereocenters. The number of carbonyl (C=O) groups excluding carboxylic acids is 1. The molecule has 0 atom stereocenters. The van der Waals surface area contributed by atoms with Crippen LogP contribution in [0.3, 0.4) is 0 Å². The number of hydrogen-bond donors (Lipinski definition) is 2. The lowest BCUT2D eigenvalue weighted by Gasteiger charge is -2.44. The summed E-state index contributed by atoms with van der Waals surface area (Å²) in [5.41, 5.74) is -0.565. The van der Waals surface area contributed by atoms with E-state index in [0.29, 0.717) is 0 Å². The molecule has 1 fully saturated rings. The van der Waals surface area contributed by atoms with Gasteiger partial charge in [-0.2, -0.15) is 0 Å². The molecule has 1 aromatic heterocycles. The van der Waals surface area contributed by atoms with Crippen LogP contribution in [-0.2, 0) is 17.1 Å². The summed E-state index contributed by atoms with van der Waals surface area (Å²) in [6.07, 6.45) is 1.39. The number of aryl methyl sites for hydroxylation is 1. The Labute approximate surface area is 111 Å². The second-order valence-electron chi connectivity index (χ2n) is 5.04. The molecule has 1 aromatic rings. The Morgan fingerprint density at radius 2 is 2.05 bits per heavy atom. The van der Waals surface area contributed by atoms with Gasteiger partial charge in [0.15, 0.2) is 0 Å². The van der Waals surface area contributed by atoms with Crippen LogP contribution in [0.5, 0.6) is 0 Å². The number of likely N-dealkylation sites (tertiary alicyclic amines) is 1. The molecule has 1 saturated heterocycles. The molecule has 0 aliphatic carbocycles. The van der Waals surface area contributed by atoms with Crippen LogP contribution in [0.4, 0.5) is 0 Å². The summed E-state index contributed by atoms with van der Waals surface area (Å²) in [4.78, 5) is 13.7. The van der Waals surface area contributed by atoms with E-state index in [-0.39, 0.29) is 29.6 Å². The van der Waals surface area contributed by atoms with Crippen molar-refractivity contribution in [2.24, 2.45) is 7.05 Å². The lowest BCUT2D eigenvalue weighted by molar-refractivity contribution is -0.0671. The van der Waals surface area contributed by atoms with Crippen LogP contribution in [0.25, 0.3) is 0 Å². The van der Waals surface area contributed by atoms with E-state index in [1.807, 2.05) is 0 Å². The maximum Gasteiger partial charge on any atom is 0.270 e. The van der Waals surface area contributed by atoms with Crippen molar-refractivity contribution in [1.82, 2.24) is 14.2 Å². The Morgan fingerprint density at radius 3 is 2.53 bits per heavy atom. The van der Waals surface area contributed by atoms with Crippen LogP contribution in [0, 0.1) is 0 Å². The molecule has 0 aromatic carbocycles. The highest BCUT2D eigenvalue weighted by molar-refractivity contribution is 7.89. The number of hydrogen-bond acceptors (Lipinski definition) is 4. The minimum atomic E-state index is -3.56. The zero-order valence-corrected chi connectivity index (χ0v) is 11.9. The topological polar surface area (TPSA) is 91.6 Å². The predicted octanol–water partition coefficient (Wildman–Crippen LogP) is -0.860. The fourth-order valence-corrected chi connectivity index (χ4v) is 2.89. The molecule has 19 heavy (non-hydrogen) atoms. The van der Waals surface area contributed by atoms with Crippen LogP contribution in [-0.4, -0.2) is 54.6 Å². The van der Waals surface area contributed by atoms with Gasteiger partial charge in [-0.05, 0) is 20.0 Å². The van der Waals surface area contributed by atoms with Gasteiger partial charge in [-0.15, -0.1) is 0 Å². The molecule has 2 heterocycles. The summed E-state index contributed by atoms with van der Waals surface area (Å²) in [7, 11) is -0.635. The number of aliphatic hydroxyl groups is 1. The third-order valence-corrected chi connectivity index (χ3v) is 4.51. The number of rotatable bonds is 3. The lowest BCUT2D eigenvalue weighted by Crippen LogP contribution is -2.61. The maximum absolute atomic E-state index is 12.1. The zero-order valence-electron chi connectivity index (χ0n) is 11.0. The molecule has 1 amide bonds. The molecule has 2 rings (SSSR count). The lowest BCUT2D eigenvalue weighted by atomic mass is 9.96. The van der Waals surface area contributed by atoms with Crippen LogP contribution < -0.4 is 4.72 Å². The van der Waals surface area contributed by atoms with E-state index in [0.717, 1.165) is 0 Å². The standard InChI is InChI=1S/C11H17N3O4S/c1-11(16)6-14(7-11)10(15)9-4-8(5-13(9)3)19(17,18)12-2/h4-5,12,16H,6-7H2,1-3H3. The summed E-state index contributed by atoms with van der Waals surface area (Å²) in [6.45, 7) is 2.16. The zero-order chi connectivity index (χ0) is 14.4. The van der Waals surface area contributed by atoms with Gasteiger partial charge in [0.05, 0.1) is 18.7 Å². The van der Waals surface area contributed by atoms with Crippen molar-refractivity contribution >= 4 is 15.9 Å². The Bertz CT molecular complexity index is 610. The normalized spacial score (nSPS) is 18.2. The largest absolute Gasteiger partial charge is 0.386 e. The first-order chi connectivity index (χ1) is 8.66. The Morgan fingerprint density at radius 1 is 1.47 bits per heavy atom. The SMILES string of the molecule is CNS(=O)(=O)c1cc(C(=O)N2CC(C)(O)C2)n(C)c1. The van der Waals surface area contributed by atoms with Crippen molar-refractivity contribution in [3.8, 4) is 0 Å². The van der Waals surface area contributed by atoms with E-state index in [4.69, 9.17) is 0 Å². The molecular formula is C11H17N3O4S. The molecular weight excluding hydrogens is 270 g/mol. The number of nitrogens with one attached hydrogen (secondary N) is 1. The number of β-amino-alcohol motifs (C(OH)–C–C–N with tert-alkyl or cyclic N) is 1. The quantitative estimate of drug-likeness (QED) is 0.757. The van der Waals surface area contributed by atoms with E-state index in [9.17, 15) is 18.3 Å². The first-order valence-corrected chi connectivity index (χ1v) is 7.26. The summed E-state index contributed by atoms with van der Waals surface area (Å²) < 4.78 is 27.0. The first-order valence-electron chi connectivity index (χ1n) is 5.78. The third-order valence-electron chi connectivity index (χ3n) is 3.13. The van der Waals surface area contributed by atoms with E-state index in [2.05, 4.69) is 4.72 Å². The Balaban J connectivity index is 2.25. The molecule has 8 heteroatoms. The maximum atomic E-state index is 12.1. The second-order valence-corrected chi connectivity index (χ2v) is 6.92. The van der Waals surface area contributed by atoms with Crippen molar-refractivity contribution < 1.29 is 18.3 Å². The monoisotopic (exact) mass is 287 g/mol. The number of aromatic nitrogens is 1. The molecule has 1 aliphatic heterocycles. The van der Waals surface area contributed by atoms with Crippen molar-refractivity contribution in [3.05, 3.63) is 18.0 Å². The van der Waals surface area contributed by atoms with Gasteiger partial charge >= 0.3 is 0 Å². The van der Waals surface area contributed by atoms with Gasteiger partial charge < -0.3 is 14.6 Å². The molecule has 7 nitrogen and oxygen atoms in total. The van der Waals surface area contributed by atoms with Gasteiger partial charge in [0.25, 0.3) is 5.91 Å². The Kier molecular flexibility index (Phi) is 3.20. The summed E-state index contributed by atoms with van der Waals surface area (Å²) >= 11 is 0. The highest BCUT2D eigenvalue weighted by atomic mass is 32.2. The van der Waals surface area contributed by atoms with Crippen LogP contribution in [0.15, 0.2) is 17.2 Å². The summed E-state index contributed by atoms with van der Waals surface area (Å²) in [6, 6.07) is 1.33. The summed E-state index contributed by atoms with van der Waals surface area (Å²) in [5, 5.41) is 9.61. The molecule has 2 N–H and O–H groups in total. The fraction of sp³-hybridized carbons (Fsp3) is 0.545. The molecule has 0 radical (unpaired) electrons. The number of nitrogens with zero attached hydrogens (tertiary/aromatic N) is 2. The fourth-order valence-electron chi connectivity index (χ4n) is 2.09. The van der Waals surface area contributed by atoms with Gasteiger partial charge in [-0.3, -0.25) is 4.79 Å². The van der Waals surface area contributed by atoms with Gasteiger partial charge in [-0.25, -0.2) is 13.1 Å². The van der Waals surface area contributed by atoms with Crippen LogP contribution in [0.2, 0.25) is 0 Å². The minimum Gasteiger partial charge on any atom is -0.386 e. The highest BCUT2D eigenvalue weighted by Gasteiger charge is 2.40. The van der Waals surface area contributed by atoms with Gasteiger partial charge in [0.1, 0.15) is 10.6 Å². The number of sulfonamides is 1. The van der Waals surface area contributed by atoms with Crippen molar-refractivity contribution in [2.45, 2.75) is 17.4 Å². The molecule has 0 spiro atoms. The van der Waals surface area contributed by atoms with E-state index in [1.165, 1.54) is 28.8 Å². The average molecular weight is 287 g/mol. The van der Waals surface area contributed by atoms with Crippen LogP contribution in [0.1, 0.15) is 17.4 Å². The van der Waals surface area contributed by atoms with E-state index < -0.39 is 15.6 Å².